The summed E-state index contributed by atoms with van der Waals surface area (Å²) in [5.74, 6) is -0.466. The number of rotatable bonds is 6. The molecule has 0 aliphatic rings. The van der Waals surface area contributed by atoms with Crippen molar-refractivity contribution in [2.45, 2.75) is 19.4 Å². The highest BCUT2D eigenvalue weighted by molar-refractivity contribution is 5.80. The highest BCUT2D eigenvalue weighted by Crippen LogP contribution is 2.13. The summed E-state index contributed by atoms with van der Waals surface area (Å²) in [6.45, 7) is 2.05. The number of carbonyl (C=O) groups excluding carboxylic acids is 1. The Labute approximate surface area is 127 Å². The zero-order valence-corrected chi connectivity index (χ0v) is 12.2. The number of hydrogen-bond donors (Lipinski definition) is 1. The van der Waals surface area contributed by atoms with Crippen molar-refractivity contribution in [1.82, 2.24) is 5.32 Å². The zero-order chi connectivity index (χ0) is 15.9. The maximum atomic E-state index is 12.8. The summed E-state index contributed by atoms with van der Waals surface area (Å²) in [6.07, 6.45) is -0.0753. The van der Waals surface area contributed by atoms with Gasteiger partial charge >= 0.3 is 0 Å². The van der Waals surface area contributed by atoms with Gasteiger partial charge in [-0.25, -0.2) is 8.78 Å². The normalized spacial score (nSPS) is 11.8. The van der Waals surface area contributed by atoms with Crippen molar-refractivity contribution in [3.63, 3.8) is 0 Å². The summed E-state index contributed by atoms with van der Waals surface area (Å²) < 4.78 is 31.0. The number of carbonyl (C=O) groups is 1. The minimum absolute atomic E-state index is 0.258. The van der Waals surface area contributed by atoms with E-state index in [1.807, 2.05) is 0 Å². The van der Waals surface area contributed by atoms with Crippen molar-refractivity contribution in [1.29, 1.82) is 0 Å². The van der Waals surface area contributed by atoms with Crippen LogP contribution in [0.15, 0.2) is 48.5 Å². The van der Waals surface area contributed by atoms with Crippen LogP contribution in [0.2, 0.25) is 0 Å². The van der Waals surface area contributed by atoms with Crippen LogP contribution in [-0.2, 0) is 11.2 Å². The van der Waals surface area contributed by atoms with Gasteiger partial charge in [0.05, 0.1) is 0 Å². The third-order valence-electron chi connectivity index (χ3n) is 3.12. The first-order chi connectivity index (χ1) is 10.5. The molecule has 2 aromatic rings. The SMILES string of the molecule is C[C@H](Oc1ccc(F)cc1)C(=O)NCCc1ccc(F)cc1. The van der Waals surface area contributed by atoms with Gasteiger partial charge in [-0.15, -0.1) is 0 Å². The van der Waals surface area contributed by atoms with Crippen molar-refractivity contribution < 1.29 is 18.3 Å². The van der Waals surface area contributed by atoms with E-state index >= 15 is 0 Å². The van der Waals surface area contributed by atoms with E-state index in [-0.39, 0.29) is 17.5 Å². The molecule has 0 heterocycles. The van der Waals surface area contributed by atoms with Crippen LogP contribution in [0.1, 0.15) is 12.5 Å². The van der Waals surface area contributed by atoms with E-state index in [9.17, 15) is 13.6 Å². The highest BCUT2D eigenvalue weighted by atomic mass is 19.1. The van der Waals surface area contributed by atoms with Gasteiger partial charge < -0.3 is 10.1 Å². The van der Waals surface area contributed by atoms with Crippen LogP contribution in [-0.4, -0.2) is 18.6 Å². The molecule has 0 radical (unpaired) electrons. The van der Waals surface area contributed by atoms with Crippen LogP contribution >= 0.6 is 0 Å². The molecule has 0 saturated carbocycles. The Kier molecular flexibility index (Phi) is 5.47. The monoisotopic (exact) mass is 305 g/mol. The fourth-order valence-electron chi connectivity index (χ4n) is 1.90. The van der Waals surface area contributed by atoms with Gasteiger partial charge in [-0.3, -0.25) is 4.79 Å². The van der Waals surface area contributed by atoms with Crippen molar-refractivity contribution in [3.8, 4) is 5.75 Å². The van der Waals surface area contributed by atoms with Crippen LogP contribution < -0.4 is 10.1 Å². The van der Waals surface area contributed by atoms with E-state index in [4.69, 9.17) is 4.74 Å². The van der Waals surface area contributed by atoms with Gasteiger partial charge in [0.15, 0.2) is 6.10 Å². The van der Waals surface area contributed by atoms with Gasteiger partial charge in [-0.1, -0.05) is 12.1 Å². The lowest BCUT2D eigenvalue weighted by Gasteiger charge is -2.14. The molecule has 1 N–H and O–H groups in total. The van der Waals surface area contributed by atoms with Crippen molar-refractivity contribution in [2.75, 3.05) is 6.54 Å². The maximum Gasteiger partial charge on any atom is 0.260 e. The van der Waals surface area contributed by atoms with E-state index in [1.54, 1.807) is 19.1 Å². The fraction of sp³-hybridized carbons (Fsp3) is 0.235. The first-order valence-corrected chi connectivity index (χ1v) is 6.99. The molecule has 0 saturated heterocycles. The van der Waals surface area contributed by atoms with E-state index < -0.39 is 6.10 Å². The lowest BCUT2D eigenvalue weighted by molar-refractivity contribution is -0.127. The van der Waals surface area contributed by atoms with Crippen LogP contribution in [0.3, 0.4) is 0 Å². The van der Waals surface area contributed by atoms with Crippen LogP contribution in [0.4, 0.5) is 8.78 Å². The Morgan fingerprint density at radius 3 is 2.18 bits per heavy atom. The topological polar surface area (TPSA) is 38.3 Å². The lowest BCUT2D eigenvalue weighted by atomic mass is 10.1. The number of hydrogen-bond acceptors (Lipinski definition) is 2. The number of halogens is 2. The van der Waals surface area contributed by atoms with Crippen LogP contribution in [0.25, 0.3) is 0 Å². The van der Waals surface area contributed by atoms with Crippen LogP contribution in [0, 0.1) is 11.6 Å². The lowest BCUT2D eigenvalue weighted by Crippen LogP contribution is -2.37. The third-order valence-corrected chi connectivity index (χ3v) is 3.12. The summed E-state index contributed by atoms with van der Waals surface area (Å²) in [5, 5.41) is 2.75. The first-order valence-electron chi connectivity index (χ1n) is 6.99. The minimum Gasteiger partial charge on any atom is -0.481 e. The fourth-order valence-corrected chi connectivity index (χ4v) is 1.90. The summed E-state index contributed by atoms with van der Waals surface area (Å²) in [5.41, 5.74) is 0.939. The van der Waals surface area contributed by atoms with Gasteiger partial charge in [-0.2, -0.15) is 0 Å². The van der Waals surface area contributed by atoms with E-state index in [0.717, 1.165) is 5.56 Å². The average Bonchev–Trinajstić information content (AvgIpc) is 2.51. The van der Waals surface area contributed by atoms with Gasteiger partial charge in [0.25, 0.3) is 5.91 Å². The molecule has 0 fully saturated rings. The van der Waals surface area contributed by atoms with Crippen molar-refractivity contribution in [2.24, 2.45) is 0 Å². The quantitative estimate of drug-likeness (QED) is 0.890. The second-order valence-corrected chi connectivity index (χ2v) is 4.88. The van der Waals surface area contributed by atoms with E-state index in [2.05, 4.69) is 5.32 Å². The Hall–Kier alpha value is -2.43. The molecule has 0 bridgehead atoms. The van der Waals surface area contributed by atoms with Gasteiger partial charge in [0, 0.05) is 6.54 Å². The summed E-state index contributed by atoms with van der Waals surface area (Å²) >= 11 is 0. The number of amides is 1. The average molecular weight is 305 g/mol. The molecule has 1 amide bonds. The second-order valence-electron chi connectivity index (χ2n) is 4.88. The molecule has 2 rings (SSSR count). The molecule has 116 valence electrons. The van der Waals surface area contributed by atoms with Gasteiger partial charge in [0.1, 0.15) is 17.4 Å². The first kappa shape index (κ1) is 15.9. The molecule has 0 aromatic heterocycles. The Morgan fingerprint density at radius 2 is 1.59 bits per heavy atom. The van der Waals surface area contributed by atoms with Gasteiger partial charge in [-0.05, 0) is 55.3 Å². The molecule has 0 aliphatic carbocycles. The molecule has 1 atom stereocenters. The van der Waals surface area contributed by atoms with Crippen molar-refractivity contribution >= 4 is 5.91 Å². The zero-order valence-electron chi connectivity index (χ0n) is 12.2. The van der Waals surface area contributed by atoms with Crippen molar-refractivity contribution in [3.05, 3.63) is 65.7 Å². The van der Waals surface area contributed by atoms with E-state index in [0.29, 0.717) is 18.7 Å². The summed E-state index contributed by atoms with van der Waals surface area (Å²) in [6, 6.07) is 11.6. The smallest absolute Gasteiger partial charge is 0.260 e. The molecule has 5 heteroatoms. The maximum absolute atomic E-state index is 12.8. The number of ether oxygens (including phenoxy) is 1. The molecular weight excluding hydrogens is 288 g/mol. The molecule has 0 aliphatic heterocycles. The van der Waals surface area contributed by atoms with E-state index in [1.165, 1.54) is 36.4 Å². The summed E-state index contributed by atoms with van der Waals surface area (Å²) in [4.78, 5) is 11.9. The predicted molar refractivity (Wildman–Crippen MR) is 79.6 cm³/mol. The molecular formula is C17H17F2NO2. The molecule has 22 heavy (non-hydrogen) atoms. The largest absolute Gasteiger partial charge is 0.481 e. The Bertz CT molecular complexity index is 612. The van der Waals surface area contributed by atoms with Gasteiger partial charge in [0.2, 0.25) is 0 Å². The Morgan fingerprint density at radius 1 is 1.05 bits per heavy atom. The summed E-state index contributed by atoms with van der Waals surface area (Å²) in [7, 11) is 0. The minimum atomic E-state index is -0.682. The highest BCUT2D eigenvalue weighted by Gasteiger charge is 2.13. The molecule has 2 aromatic carbocycles. The molecule has 0 unspecified atom stereocenters. The third kappa shape index (κ3) is 4.84. The van der Waals surface area contributed by atoms with Crippen LogP contribution in [0.5, 0.6) is 5.75 Å². The standard InChI is InChI=1S/C17H17F2NO2/c1-12(22-16-8-6-15(19)7-9-16)17(21)20-11-10-13-2-4-14(18)5-3-13/h2-9,12H,10-11H2,1H3,(H,20,21)/t12-/m0/s1. The number of benzene rings is 2. The molecule has 0 spiro atoms. The predicted octanol–water partition coefficient (Wildman–Crippen LogP) is 3.09. The Balaban J connectivity index is 1.76. The molecule has 3 nitrogen and oxygen atoms in total. The number of nitrogens with one attached hydrogen (secondary N) is 1. The second kappa shape index (κ2) is 7.54.